The molecule has 0 spiro atoms. The fourth-order valence-corrected chi connectivity index (χ4v) is 7.69. The van der Waals surface area contributed by atoms with E-state index in [0.717, 1.165) is 44.9 Å². The zero-order valence-electron chi connectivity index (χ0n) is 38.8. The number of rotatable bonds is 45. The predicted octanol–water partition coefficient (Wildman–Crippen LogP) is 14.1. The molecule has 10 heteroatoms. The number of quaternary nitrogens is 1. The summed E-state index contributed by atoms with van der Waals surface area (Å²) in [6, 6.07) is 0. The maximum atomic E-state index is 12.7. The van der Waals surface area contributed by atoms with Gasteiger partial charge in [-0.25, -0.2) is 4.57 Å². The predicted molar refractivity (Wildman–Crippen MR) is 243 cm³/mol. The number of phosphoric ester groups is 1. The summed E-state index contributed by atoms with van der Waals surface area (Å²) in [5.41, 5.74) is 0. The molecule has 0 aromatic rings. The van der Waals surface area contributed by atoms with Crippen molar-refractivity contribution in [2.45, 2.75) is 238 Å². The molecule has 0 aromatic heterocycles. The molecular weight excluding hydrogens is 750 g/mol. The highest BCUT2D eigenvalue weighted by molar-refractivity contribution is 7.47. The van der Waals surface area contributed by atoms with E-state index >= 15 is 0 Å². The molecule has 0 bridgehead atoms. The zero-order valence-corrected chi connectivity index (χ0v) is 39.7. The maximum Gasteiger partial charge on any atom is 0.472 e. The second-order valence-electron chi connectivity index (χ2n) is 17.9. The van der Waals surface area contributed by atoms with Crippen LogP contribution in [-0.2, 0) is 32.7 Å². The Labute approximate surface area is 358 Å². The third kappa shape index (κ3) is 44.3. The van der Waals surface area contributed by atoms with Crippen LogP contribution in [0.1, 0.15) is 232 Å². The van der Waals surface area contributed by atoms with Crippen molar-refractivity contribution < 1.29 is 42.1 Å². The van der Waals surface area contributed by atoms with Crippen LogP contribution < -0.4 is 0 Å². The second-order valence-corrected chi connectivity index (χ2v) is 19.3. The summed E-state index contributed by atoms with van der Waals surface area (Å²) < 4.78 is 34.4. The number of carbonyl (C=O) groups is 2. The van der Waals surface area contributed by atoms with Gasteiger partial charge >= 0.3 is 19.8 Å². The van der Waals surface area contributed by atoms with Crippen LogP contribution >= 0.6 is 7.82 Å². The Morgan fingerprint density at radius 3 is 1.28 bits per heavy atom. The first-order valence-electron chi connectivity index (χ1n) is 24.4. The molecule has 58 heavy (non-hydrogen) atoms. The van der Waals surface area contributed by atoms with Crippen LogP contribution in [0.25, 0.3) is 0 Å². The normalized spacial score (nSPS) is 13.6. The fourth-order valence-electron chi connectivity index (χ4n) is 6.95. The Morgan fingerprint density at radius 1 is 0.517 bits per heavy atom. The van der Waals surface area contributed by atoms with E-state index in [1.807, 2.05) is 21.1 Å². The highest BCUT2D eigenvalue weighted by atomic mass is 31.2. The van der Waals surface area contributed by atoms with Crippen LogP contribution in [0, 0.1) is 0 Å². The van der Waals surface area contributed by atoms with E-state index in [0.29, 0.717) is 23.9 Å². The molecule has 0 aliphatic rings. The first-order valence-corrected chi connectivity index (χ1v) is 25.9. The number of esters is 2. The molecule has 0 saturated carbocycles. The maximum absolute atomic E-state index is 12.7. The Bertz CT molecular complexity index is 1000. The molecule has 0 aliphatic carbocycles. The molecule has 0 radical (unpaired) electrons. The fraction of sp³-hybridized carbons (Fsp3) is 0.917. The van der Waals surface area contributed by atoms with Crippen molar-refractivity contribution >= 4 is 19.8 Å². The smallest absolute Gasteiger partial charge is 0.462 e. The van der Waals surface area contributed by atoms with Crippen LogP contribution in [-0.4, -0.2) is 74.9 Å². The quantitative estimate of drug-likeness (QED) is 0.0212. The molecule has 344 valence electrons. The number of allylic oxidation sites excluding steroid dienone is 2. The number of carbonyl (C=O) groups excluding carboxylic acids is 2. The summed E-state index contributed by atoms with van der Waals surface area (Å²) in [5, 5.41) is 0. The molecule has 0 saturated heterocycles. The van der Waals surface area contributed by atoms with Gasteiger partial charge in [0.15, 0.2) is 6.10 Å². The molecule has 2 atom stereocenters. The molecule has 0 heterocycles. The average Bonchev–Trinajstić information content (AvgIpc) is 3.17. The van der Waals surface area contributed by atoms with Crippen molar-refractivity contribution in [2.75, 3.05) is 47.5 Å². The van der Waals surface area contributed by atoms with Crippen molar-refractivity contribution in [3.63, 3.8) is 0 Å². The van der Waals surface area contributed by atoms with Gasteiger partial charge in [0.2, 0.25) is 0 Å². The molecule has 0 aromatic carbocycles. The van der Waals surface area contributed by atoms with Gasteiger partial charge in [-0.05, 0) is 38.5 Å². The molecule has 0 aliphatic heterocycles. The minimum atomic E-state index is -4.37. The molecular formula is C48H95NO8P+. The Balaban J connectivity index is 4.27. The van der Waals surface area contributed by atoms with Gasteiger partial charge in [-0.3, -0.25) is 18.6 Å². The lowest BCUT2D eigenvalue weighted by molar-refractivity contribution is -0.870. The lowest BCUT2D eigenvalue weighted by Crippen LogP contribution is -2.37. The van der Waals surface area contributed by atoms with Crippen LogP contribution in [0.3, 0.4) is 0 Å². The molecule has 9 nitrogen and oxygen atoms in total. The number of phosphoric acid groups is 1. The van der Waals surface area contributed by atoms with Crippen LogP contribution in [0.2, 0.25) is 0 Å². The van der Waals surface area contributed by atoms with Gasteiger partial charge in [0.25, 0.3) is 0 Å². The first-order chi connectivity index (χ1) is 28.0. The van der Waals surface area contributed by atoms with Gasteiger partial charge in [-0.2, -0.15) is 0 Å². The van der Waals surface area contributed by atoms with Crippen molar-refractivity contribution in [3.8, 4) is 0 Å². The molecule has 1 N–H and O–H groups in total. The average molecular weight is 845 g/mol. The summed E-state index contributed by atoms with van der Waals surface area (Å²) in [6.07, 6.45) is 44.0. The van der Waals surface area contributed by atoms with Gasteiger partial charge in [-0.1, -0.05) is 193 Å². The van der Waals surface area contributed by atoms with Crippen molar-refractivity contribution in [1.82, 2.24) is 0 Å². The lowest BCUT2D eigenvalue weighted by Gasteiger charge is -2.24. The van der Waals surface area contributed by atoms with Gasteiger partial charge < -0.3 is 18.9 Å². The van der Waals surface area contributed by atoms with E-state index in [1.165, 1.54) is 154 Å². The summed E-state index contributed by atoms with van der Waals surface area (Å²) >= 11 is 0. The van der Waals surface area contributed by atoms with Gasteiger partial charge in [0, 0.05) is 12.8 Å². The minimum absolute atomic E-state index is 0.0341. The van der Waals surface area contributed by atoms with E-state index in [1.54, 1.807) is 0 Å². The number of ether oxygens (including phenoxy) is 2. The number of likely N-dealkylation sites (N-methyl/N-ethyl adjacent to an activating group) is 1. The largest absolute Gasteiger partial charge is 0.472 e. The first kappa shape index (κ1) is 56.8. The highest BCUT2D eigenvalue weighted by Crippen LogP contribution is 2.43. The number of hydrogen-bond acceptors (Lipinski definition) is 7. The SMILES string of the molecule is CCCCCCCCCC/C=C\CCCCCCCCCC(=O)O[C@H](COC(=O)CCCCCCCCCCCCCCCCC)COP(=O)(O)OCC[N+](C)(C)C. The van der Waals surface area contributed by atoms with Crippen LogP contribution in [0.5, 0.6) is 0 Å². The van der Waals surface area contributed by atoms with E-state index < -0.39 is 26.5 Å². The summed E-state index contributed by atoms with van der Waals surface area (Å²) in [5.74, 6) is -0.790. The summed E-state index contributed by atoms with van der Waals surface area (Å²) in [6.45, 7) is 4.46. The molecule has 0 rings (SSSR count). The van der Waals surface area contributed by atoms with Crippen molar-refractivity contribution in [1.29, 1.82) is 0 Å². The molecule has 0 amide bonds. The van der Waals surface area contributed by atoms with Crippen molar-refractivity contribution in [2.24, 2.45) is 0 Å². The van der Waals surface area contributed by atoms with E-state index in [2.05, 4.69) is 26.0 Å². The van der Waals surface area contributed by atoms with E-state index in [4.69, 9.17) is 18.5 Å². The van der Waals surface area contributed by atoms with Crippen LogP contribution in [0.4, 0.5) is 0 Å². The monoisotopic (exact) mass is 845 g/mol. The highest BCUT2D eigenvalue weighted by Gasteiger charge is 2.27. The minimum Gasteiger partial charge on any atom is -0.462 e. The molecule has 1 unspecified atom stereocenters. The Hall–Kier alpha value is -1.25. The standard InChI is InChI=1S/C48H94NO8P/c1-6-8-10-12-14-16-18-20-22-23-24-25-27-29-31-33-35-37-39-41-48(51)57-46(45-56-58(52,53)55-43-42-49(3,4)5)44-54-47(50)40-38-36-34-32-30-28-26-21-19-17-15-13-11-9-7-2/h23-24,46H,6-22,25-45H2,1-5H3/p+1/b24-23-/t46-/m1/s1. The van der Waals surface area contributed by atoms with E-state index in [-0.39, 0.29) is 25.6 Å². The zero-order chi connectivity index (χ0) is 42.8. The van der Waals surface area contributed by atoms with Gasteiger partial charge in [-0.15, -0.1) is 0 Å². The number of hydrogen-bond donors (Lipinski definition) is 1. The molecule has 0 fully saturated rings. The lowest BCUT2D eigenvalue weighted by atomic mass is 10.0. The second kappa shape index (κ2) is 41.1. The van der Waals surface area contributed by atoms with Crippen LogP contribution in [0.15, 0.2) is 12.2 Å². The van der Waals surface area contributed by atoms with E-state index in [9.17, 15) is 19.0 Å². The van der Waals surface area contributed by atoms with Gasteiger partial charge in [0.1, 0.15) is 19.8 Å². The third-order valence-electron chi connectivity index (χ3n) is 10.8. The Morgan fingerprint density at radius 2 is 0.879 bits per heavy atom. The number of nitrogens with zero attached hydrogens (tertiary/aromatic N) is 1. The number of unbranched alkanes of at least 4 members (excludes halogenated alkanes) is 29. The third-order valence-corrected chi connectivity index (χ3v) is 11.8. The van der Waals surface area contributed by atoms with Crippen molar-refractivity contribution in [3.05, 3.63) is 12.2 Å². The summed E-state index contributed by atoms with van der Waals surface area (Å²) in [7, 11) is 1.49. The topological polar surface area (TPSA) is 108 Å². The summed E-state index contributed by atoms with van der Waals surface area (Å²) in [4.78, 5) is 35.5. The Kier molecular flexibility index (Phi) is 40.2. The van der Waals surface area contributed by atoms with Gasteiger partial charge in [0.05, 0.1) is 27.7 Å².